The standard InChI is InChI=1S/C18H23BrN2/c1-4-15(20)11-14-7-10-17(12-18(14)19)21(3)16-8-5-13(2)6-9-16/h5-10,12,15H,4,11,20H2,1-3H3. The van der Waals surface area contributed by atoms with Crippen LogP contribution in [-0.4, -0.2) is 13.1 Å². The Balaban J connectivity index is 2.21. The summed E-state index contributed by atoms with van der Waals surface area (Å²) in [6.45, 7) is 4.23. The van der Waals surface area contributed by atoms with Gasteiger partial charge in [-0.1, -0.05) is 46.6 Å². The van der Waals surface area contributed by atoms with Crippen LogP contribution in [0.3, 0.4) is 0 Å². The minimum Gasteiger partial charge on any atom is -0.345 e. The summed E-state index contributed by atoms with van der Waals surface area (Å²) in [5, 5.41) is 0. The lowest BCUT2D eigenvalue weighted by Gasteiger charge is -2.21. The van der Waals surface area contributed by atoms with Crippen molar-refractivity contribution < 1.29 is 0 Å². The summed E-state index contributed by atoms with van der Waals surface area (Å²) in [6.07, 6.45) is 1.91. The molecule has 0 aliphatic rings. The SMILES string of the molecule is CCC(N)Cc1ccc(N(C)c2ccc(C)cc2)cc1Br. The summed E-state index contributed by atoms with van der Waals surface area (Å²) in [5.41, 5.74) is 10.9. The van der Waals surface area contributed by atoms with E-state index in [2.05, 4.69) is 84.2 Å². The third-order valence-corrected chi connectivity index (χ3v) is 4.59. The first-order chi connectivity index (χ1) is 10.0. The molecule has 0 aliphatic heterocycles. The maximum atomic E-state index is 6.05. The van der Waals surface area contributed by atoms with Gasteiger partial charge < -0.3 is 10.6 Å². The predicted molar refractivity (Wildman–Crippen MR) is 95.4 cm³/mol. The molecule has 2 N–H and O–H groups in total. The Labute approximate surface area is 136 Å². The Hall–Kier alpha value is -1.32. The molecule has 0 saturated heterocycles. The Bertz CT molecular complexity index is 593. The van der Waals surface area contributed by atoms with Crippen molar-refractivity contribution in [1.82, 2.24) is 0 Å². The molecular weight excluding hydrogens is 324 g/mol. The van der Waals surface area contributed by atoms with E-state index < -0.39 is 0 Å². The van der Waals surface area contributed by atoms with Crippen molar-refractivity contribution in [3.8, 4) is 0 Å². The molecule has 2 nitrogen and oxygen atoms in total. The van der Waals surface area contributed by atoms with Gasteiger partial charge in [-0.15, -0.1) is 0 Å². The molecular formula is C18H23BrN2. The molecule has 112 valence electrons. The van der Waals surface area contributed by atoms with E-state index >= 15 is 0 Å². The molecule has 2 rings (SSSR count). The Morgan fingerprint density at radius 2 is 1.71 bits per heavy atom. The van der Waals surface area contributed by atoms with Crippen LogP contribution in [0.25, 0.3) is 0 Å². The molecule has 2 aromatic rings. The van der Waals surface area contributed by atoms with Crippen molar-refractivity contribution in [3.05, 3.63) is 58.1 Å². The zero-order valence-electron chi connectivity index (χ0n) is 12.9. The summed E-state index contributed by atoms with van der Waals surface area (Å²) in [4.78, 5) is 2.19. The van der Waals surface area contributed by atoms with E-state index in [1.165, 1.54) is 22.5 Å². The van der Waals surface area contributed by atoms with E-state index in [1.807, 2.05) is 0 Å². The first kappa shape index (κ1) is 16.1. The van der Waals surface area contributed by atoms with Crippen LogP contribution in [-0.2, 0) is 6.42 Å². The average molecular weight is 347 g/mol. The summed E-state index contributed by atoms with van der Waals surface area (Å²) in [6, 6.07) is 15.3. The molecule has 0 radical (unpaired) electrons. The monoisotopic (exact) mass is 346 g/mol. The highest BCUT2D eigenvalue weighted by Gasteiger charge is 2.09. The highest BCUT2D eigenvalue weighted by Crippen LogP contribution is 2.29. The molecule has 0 aromatic heterocycles. The second-order valence-corrected chi connectivity index (χ2v) is 6.40. The van der Waals surface area contributed by atoms with E-state index in [0.717, 1.165) is 17.3 Å². The first-order valence-corrected chi connectivity index (χ1v) is 8.15. The molecule has 0 fully saturated rings. The third kappa shape index (κ3) is 4.08. The van der Waals surface area contributed by atoms with Crippen molar-refractivity contribution >= 4 is 27.3 Å². The third-order valence-electron chi connectivity index (χ3n) is 3.85. The zero-order chi connectivity index (χ0) is 15.4. The average Bonchev–Trinajstić information content (AvgIpc) is 2.49. The number of nitrogens with two attached hydrogens (primary N) is 1. The van der Waals surface area contributed by atoms with Gasteiger partial charge in [0, 0.05) is 28.9 Å². The molecule has 1 unspecified atom stereocenters. The number of nitrogens with zero attached hydrogens (tertiary/aromatic N) is 1. The molecule has 0 aliphatic carbocycles. The largest absolute Gasteiger partial charge is 0.345 e. The van der Waals surface area contributed by atoms with Crippen molar-refractivity contribution in [2.45, 2.75) is 32.7 Å². The molecule has 0 spiro atoms. The normalized spacial score (nSPS) is 12.2. The van der Waals surface area contributed by atoms with Crippen LogP contribution in [0, 0.1) is 6.92 Å². The number of halogens is 1. The van der Waals surface area contributed by atoms with Crippen molar-refractivity contribution in [2.75, 3.05) is 11.9 Å². The minimum absolute atomic E-state index is 0.224. The summed E-state index contributed by atoms with van der Waals surface area (Å²) in [7, 11) is 2.09. The zero-order valence-corrected chi connectivity index (χ0v) is 14.5. The van der Waals surface area contributed by atoms with Crippen LogP contribution in [0.5, 0.6) is 0 Å². The quantitative estimate of drug-likeness (QED) is 0.841. The van der Waals surface area contributed by atoms with Gasteiger partial charge in [-0.25, -0.2) is 0 Å². The van der Waals surface area contributed by atoms with Crippen molar-refractivity contribution in [2.24, 2.45) is 5.73 Å². The van der Waals surface area contributed by atoms with Gasteiger partial charge in [-0.3, -0.25) is 0 Å². The van der Waals surface area contributed by atoms with E-state index in [0.29, 0.717) is 0 Å². The number of benzene rings is 2. The van der Waals surface area contributed by atoms with E-state index in [9.17, 15) is 0 Å². The van der Waals surface area contributed by atoms with Gasteiger partial charge in [-0.05, 0) is 49.6 Å². The Kier molecular flexibility index (Phi) is 5.43. The highest BCUT2D eigenvalue weighted by atomic mass is 79.9. The highest BCUT2D eigenvalue weighted by molar-refractivity contribution is 9.10. The molecule has 0 saturated carbocycles. The summed E-state index contributed by atoms with van der Waals surface area (Å²) >= 11 is 3.68. The van der Waals surface area contributed by atoms with Crippen LogP contribution < -0.4 is 10.6 Å². The van der Waals surface area contributed by atoms with Gasteiger partial charge >= 0.3 is 0 Å². The summed E-state index contributed by atoms with van der Waals surface area (Å²) < 4.78 is 1.13. The van der Waals surface area contributed by atoms with E-state index in [-0.39, 0.29) is 6.04 Å². The van der Waals surface area contributed by atoms with Crippen molar-refractivity contribution in [3.63, 3.8) is 0 Å². The number of rotatable bonds is 5. The van der Waals surface area contributed by atoms with Gasteiger partial charge in [-0.2, -0.15) is 0 Å². The number of hydrogen-bond donors (Lipinski definition) is 1. The Morgan fingerprint density at radius 1 is 1.10 bits per heavy atom. The lowest BCUT2D eigenvalue weighted by molar-refractivity contribution is 0.645. The summed E-state index contributed by atoms with van der Waals surface area (Å²) in [5.74, 6) is 0. The maximum Gasteiger partial charge on any atom is 0.0419 e. The lowest BCUT2D eigenvalue weighted by atomic mass is 10.0. The van der Waals surface area contributed by atoms with Gasteiger partial charge in [0.2, 0.25) is 0 Å². The topological polar surface area (TPSA) is 29.3 Å². The molecule has 1 atom stereocenters. The van der Waals surface area contributed by atoms with Gasteiger partial charge in [0.25, 0.3) is 0 Å². The van der Waals surface area contributed by atoms with E-state index in [4.69, 9.17) is 5.73 Å². The number of aryl methyl sites for hydroxylation is 1. The van der Waals surface area contributed by atoms with Crippen molar-refractivity contribution in [1.29, 1.82) is 0 Å². The maximum absolute atomic E-state index is 6.05. The van der Waals surface area contributed by atoms with Crippen LogP contribution in [0.1, 0.15) is 24.5 Å². The van der Waals surface area contributed by atoms with Crippen LogP contribution in [0.2, 0.25) is 0 Å². The first-order valence-electron chi connectivity index (χ1n) is 7.35. The number of hydrogen-bond acceptors (Lipinski definition) is 2. The van der Waals surface area contributed by atoms with Gasteiger partial charge in [0.05, 0.1) is 0 Å². The molecule has 0 bridgehead atoms. The van der Waals surface area contributed by atoms with E-state index in [1.54, 1.807) is 0 Å². The molecule has 21 heavy (non-hydrogen) atoms. The fourth-order valence-electron chi connectivity index (χ4n) is 2.25. The molecule has 0 heterocycles. The molecule has 0 amide bonds. The minimum atomic E-state index is 0.224. The fourth-order valence-corrected chi connectivity index (χ4v) is 2.78. The van der Waals surface area contributed by atoms with Crippen LogP contribution >= 0.6 is 15.9 Å². The smallest absolute Gasteiger partial charge is 0.0419 e. The predicted octanol–water partition coefficient (Wildman–Crippen LogP) is 4.81. The molecule has 3 heteroatoms. The molecule has 2 aromatic carbocycles. The van der Waals surface area contributed by atoms with Crippen LogP contribution in [0.15, 0.2) is 46.9 Å². The van der Waals surface area contributed by atoms with Crippen LogP contribution in [0.4, 0.5) is 11.4 Å². The van der Waals surface area contributed by atoms with Gasteiger partial charge in [0.1, 0.15) is 0 Å². The Morgan fingerprint density at radius 3 is 2.29 bits per heavy atom. The van der Waals surface area contributed by atoms with Gasteiger partial charge in [0.15, 0.2) is 0 Å². The fraction of sp³-hybridized carbons (Fsp3) is 0.333. The second-order valence-electron chi connectivity index (χ2n) is 5.54. The second kappa shape index (κ2) is 7.10. The lowest BCUT2D eigenvalue weighted by Crippen LogP contribution is -2.21. The number of anilines is 2.